The predicted octanol–water partition coefficient (Wildman–Crippen LogP) is 7.65. The van der Waals surface area contributed by atoms with Crippen LogP contribution in [0.3, 0.4) is 0 Å². The molecule has 0 fully saturated rings. The Hall–Kier alpha value is -1.58. The number of nitrogens with one attached hydrogen (secondary N) is 2. The summed E-state index contributed by atoms with van der Waals surface area (Å²) >= 11 is 8.17. The van der Waals surface area contributed by atoms with Gasteiger partial charge in [0.25, 0.3) is 0 Å². The predicted molar refractivity (Wildman–Crippen MR) is 138 cm³/mol. The standard InChI is InChI=1S/2C7H8N2.C5H5.C5H.2CH4S.2Mo/c2*1-6-2-4-7(9-8)5-3-6;2*1-2-4-5-3-1;2*1-2;;/h2*2-5,8H,1H3;1-5H;1H;2*2H,1H3;;/q;;-1;-5;;;2*+3/p-2. The smallest absolute Gasteiger partial charge is 0.999 e. The van der Waals surface area contributed by atoms with Gasteiger partial charge in [-0.05, 0) is 38.1 Å². The van der Waals surface area contributed by atoms with E-state index in [2.05, 4.69) is 59.8 Å². The summed E-state index contributed by atoms with van der Waals surface area (Å²) in [5.74, 6) is 0. The van der Waals surface area contributed by atoms with E-state index in [9.17, 15) is 0 Å². The van der Waals surface area contributed by atoms with Crippen molar-refractivity contribution < 1.29 is 42.1 Å². The topological polar surface area (TPSA) is 72.4 Å². The first-order chi connectivity index (χ1) is 15.7. The summed E-state index contributed by atoms with van der Waals surface area (Å²) in [6.07, 6.45) is 3.17. The van der Waals surface area contributed by atoms with Crippen LogP contribution in [0.15, 0.2) is 95.2 Å². The van der Waals surface area contributed by atoms with Crippen LogP contribution in [0.1, 0.15) is 11.1 Å². The van der Waals surface area contributed by atoms with E-state index in [4.69, 9.17) is 11.1 Å². The average molecular weight is 653 g/mol. The second-order valence-corrected chi connectivity index (χ2v) is 5.54. The van der Waals surface area contributed by atoms with Crippen molar-refractivity contribution in [1.82, 2.24) is 0 Å². The van der Waals surface area contributed by atoms with E-state index in [1.54, 1.807) is 18.6 Å². The molecule has 34 heavy (non-hydrogen) atoms. The van der Waals surface area contributed by atoms with Gasteiger partial charge in [0.15, 0.2) is 0 Å². The Labute approximate surface area is 245 Å². The van der Waals surface area contributed by atoms with E-state index in [0.29, 0.717) is 11.4 Å². The minimum absolute atomic E-state index is 0. The zero-order valence-corrected chi connectivity index (χ0v) is 25.3. The Morgan fingerprint density at radius 3 is 1.15 bits per heavy atom. The molecule has 0 saturated carbocycles. The zero-order chi connectivity index (χ0) is 24.5. The zero-order valence-electron chi connectivity index (χ0n) is 19.6. The third kappa shape index (κ3) is 25.0. The van der Waals surface area contributed by atoms with Gasteiger partial charge in [-0.3, -0.25) is 0 Å². The first-order valence-corrected chi connectivity index (χ1v) is 11.0. The summed E-state index contributed by atoms with van der Waals surface area (Å²) in [5.41, 5.74) is 17.1. The molecule has 0 aliphatic heterocycles. The monoisotopic (exact) mass is 656 g/mol. The molecular weight excluding hydrogens is 624 g/mol. The Kier molecular flexibility index (Phi) is 36.6. The van der Waals surface area contributed by atoms with Crippen LogP contribution in [0.4, 0.5) is 11.4 Å². The van der Waals surface area contributed by atoms with Gasteiger partial charge in [0.1, 0.15) is 0 Å². The average Bonchev–Trinajstić information content (AvgIpc) is 3.63. The van der Waals surface area contributed by atoms with E-state index in [-0.39, 0.29) is 42.1 Å². The maximum atomic E-state index is 6.64. The molecule has 8 heteroatoms. The molecule has 4 nitrogen and oxygen atoms in total. The molecule has 0 heterocycles. The van der Waals surface area contributed by atoms with Crippen molar-refractivity contribution in [3.63, 3.8) is 0 Å². The fraction of sp³-hybridized carbons (Fsp3) is 0.154. The molecule has 2 N–H and O–H groups in total. The van der Waals surface area contributed by atoms with Gasteiger partial charge >= 0.3 is 42.1 Å². The molecule has 0 atom stereocenters. The number of rotatable bonds is 2. The summed E-state index contributed by atoms with van der Waals surface area (Å²) < 4.78 is 0. The summed E-state index contributed by atoms with van der Waals surface area (Å²) in [5, 5.41) is 6.52. The molecule has 0 aliphatic rings. The van der Waals surface area contributed by atoms with Crippen molar-refractivity contribution in [3.8, 4) is 0 Å². The second-order valence-electron chi connectivity index (χ2n) is 5.54. The molecule has 4 aromatic rings. The minimum atomic E-state index is 0. The van der Waals surface area contributed by atoms with Crippen LogP contribution in [0.2, 0.25) is 0 Å². The van der Waals surface area contributed by atoms with Gasteiger partial charge in [-0.15, -0.1) is 0 Å². The largest absolute Gasteiger partial charge is 3.00 e. The summed E-state index contributed by atoms with van der Waals surface area (Å²) in [6.45, 7) is 4.02. The maximum absolute atomic E-state index is 6.64. The van der Waals surface area contributed by atoms with Crippen LogP contribution < -0.4 is 0 Å². The van der Waals surface area contributed by atoms with Crippen LogP contribution >= 0.6 is 0 Å². The molecule has 0 unspecified atom stereocenters. The number of hydrogen-bond acceptors (Lipinski definition) is 6. The molecule has 178 valence electrons. The van der Waals surface area contributed by atoms with Crippen LogP contribution in [0.5, 0.6) is 0 Å². The molecule has 0 bridgehead atoms. The van der Waals surface area contributed by atoms with Gasteiger partial charge in [0, 0.05) is 0 Å². The third-order valence-corrected chi connectivity index (χ3v) is 3.23. The third-order valence-electron chi connectivity index (χ3n) is 3.23. The van der Waals surface area contributed by atoms with E-state index >= 15 is 0 Å². The Morgan fingerprint density at radius 2 is 0.971 bits per heavy atom. The van der Waals surface area contributed by atoms with Crippen LogP contribution in [-0.2, 0) is 67.4 Å². The molecule has 0 aromatic heterocycles. The molecule has 4 aromatic carbocycles. The fourth-order valence-electron chi connectivity index (χ4n) is 1.74. The molecule has 4 rings (SSSR count). The van der Waals surface area contributed by atoms with Gasteiger partial charge in [-0.2, -0.15) is 40.9 Å². The SMILES string of the molecule is C[S-].C[S-].Cc1ccc(N=N)cc1.Cc1ccc(N=N)cc1.[Mo+3].[Mo+3].[c-]1[c-][c-][cH-][c-]1.c1cc[cH-]c1. The van der Waals surface area contributed by atoms with Gasteiger partial charge in [0.2, 0.25) is 0 Å². The first-order valence-electron chi connectivity index (χ1n) is 9.35. The number of aryl methyl sites for hydroxylation is 2. The van der Waals surface area contributed by atoms with Gasteiger partial charge < -0.3 is 55.6 Å². The second kappa shape index (κ2) is 31.4. The van der Waals surface area contributed by atoms with E-state index in [0.717, 1.165) is 0 Å². The Morgan fingerprint density at radius 1 is 0.647 bits per heavy atom. The van der Waals surface area contributed by atoms with Crippen molar-refractivity contribution in [2.24, 2.45) is 10.2 Å². The number of benzene rings is 2. The molecule has 0 saturated heterocycles. The molecule has 0 amide bonds. The van der Waals surface area contributed by atoms with Gasteiger partial charge in [-0.1, -0.05) is 35.4 Å². The van der Waals surface area contributed by atoms with E-state index in [1.165, 1.54) is 11.1 Å². The van der Waals surface area contributed by atoms with Crippen molar-refractivity contribution in [2.75, 3.05) is 12.5 Å². The molecule has 0 aliphatic carbocycles. The fourth-order valence-corrected chi connectivity index (χ4v) is 1.74. The van der Waals surface area contributed by atoms with Crippen molar-refractivity contribution in [1.29, 1.82) is 11.1 Å². The van der Waals surface area contributed by atoms with E-state index < -0.39 is 0 Å². The molecule has 2 radical (unpaired) electrons. The molecular formula is C26H28Mo2N4S2-2. The number of hydrogen-bond donors (Lipinski definition) is 2. The van der Waals surface area contributed by atoms with Gasteiger partial charge in [-0.25, -0.2) is 23.2 Å². The van der Waals surface area contributed by atoms with Crippen molar-refractivity contribution in [2.45, 2.75) is 13.8 Å². The number of nitrogens with zero attached hydrogens (tertiary/aromatic N) is 2. The normalized spacial score (nSPS) is 7.47. The van der Waals surface area contributed by atoms with Gasteiger partial charge in [0.05, 0.1) is 11.4 Å². The Balaban J connectivity index is -0.000000169. The summed E-state index contributed by atoms with van der Waals surface area (Å²) in [6, 6.07) is 37.0. The summed E-state index contributed by atoms with van der Waals surface area (Å²) in [4.78, 5) is 0. The molecule has 0 spiro atoms. The first kappa shape index (κ1) is 39.6. The van der Waals surface area contributed by atoms with Crippen LogP contribution in [0, 0.1) is 49.2 Å². The van der Waals surface area contributed by atoms with Crippen molar-refractivity contribution >= 4 is 36.6 Å². The van der Waals surface area contributed by atoms with Crippen LogP contribution in [0.25, 0.3) is 0 Å². The maximum Gasteiger partial charge on any atom is 3.00 e. The minimum Gasteiger partial charge on any atom is -0.999 e. The van der Waals surface area contributed by atoms with Crippen LogP contribution in [-0.4, -0.2) is 12.5 Å². The Bertz CT molecular complexity index is 756. The quantitative estimate of drug-likeness (QED) is 0.101. The van der Waals surface area contributed by atoms with Crippen molar-refractivity contribution in [3.05, 3.63) is 120 Å². The summed E-state index contributed by atoms with van der Waals surface area (Å²) in [7, 11) is 0. The van der Waals surface area contributed by atoms with E-state index in [1.807, 2.05) is 92.7 Å².